The zero-order valence-corrected chi connectivity index (χ0v) is 14.6. The third-order valence-electron chi connectivity index (χ3n) is 2.82. The number of halogens is 3. The van der Waals surface area contributed by atoms with Crippen LogP contribution in [0.4, 0.5) is 14.5 Å². The third kappa shape index (κ3) is 5.51. The van der Waals surface area contributed by atoms with Gasteiger partial charge in [0.1, 0.15) is 5.75 Å². The molecule has 1 amide bonds. The number of aryl methyl sites for hydroxylation is 1. The zero-order chi connectivity index (χ0) is 16.8. The van der Waals surface area contributed by atoms with Gasteiger partial charge < -0.3 is 10.1 Å². The maximum absolute atomic E-state index is 12.5. The molecule has 23 heavy (non-hydrogen) atoms. The number of carbonyl (C=O) groups excluding carboxylic acids is 1. The van der Waals surface area contributed by atoms with Crippen LogP contribution in [0.25, 0.3) is 0 Å². The molecule has 0 spiro atoms. The molecule has 7 heteroatoms. The van der Waals surface area contributed by atoms with Crippen LogP contribution >= 0.6 is 27.7 Å². The van der Waals surface area contributed by atoms with E-state index in [9.17, 15) is 13.6 Å². The topological polar surface area (TPSA) is 38.3 Å². The summed E-state index contributed by atoms with van der Waals surface area (Å²) in [6, 6.07) is 11.9. The third-order valence-corrected chi connectivity index (χ3v) is 4.23. The standard InChI is InChI=1S/C16H14BrF2NO2S/c1-10-6-7-13(11(17)8-10)22-9-15(21)20-12-4-2-3-5-14(12)23-16(18)19/h2-8,16H,9H2,1H3,(H,20,21). The number of hydrogen-bond donors (Lipinski definition) is 1. The van der Waals surface area contributed by atoms with E-state index in [4.69, 9.17) is 4.74 Å². The smallest absolute Gasteiger partial charge is 0.288 e. The summed E-state index contributed by atoms with van der Waals surface area (Å²) in [6.07, 6.45) is 0. The molecule has 0 fully saturated rings. The van der Waals surface area contributed by atoms with Gasteiger partial charge in [-0.3, -0.25) is 4.79 Å². The Kier molecular flexibility index (Phi) is 6.41. The van der Waals surface area contributed by atoms with Gasteiger partial charge in [0.05, 0.1) is 10.2 Å². The summed E-state index contributed by atoms with van der Waals surface area (Å²) in [5, 5.41) is 2.58. The lowest BCUT2D eigenvalue weighted by Crippen LogP contribution is -2.20. The largest absolute Gasteiger partial charge is 0.483 e. The quantitative estimate of drug-likeness (QED) is 0.685. The molecule has 0 bridgehead atoms. The van der Waals surface area contributed by atoms with E-state index >= 15 is 0 Å². The fraction of sp³-hybridized carbons (Fsp3) is 0.188. The Hall–Kier alpha value is -1.60. The van der Waals surface area contributed by atoms with Crippen LogP contribution in [0.1, 0.15) is 5.56 Å². The van der Waals surface area contributed by atoms with Crippen LogP contribution in [0.5, 0.6) is 5.75 Å². The number of benzene rings is 2. The van der Waals surface area contributed by atoms with Crippen LogP contribution in [0.2, 0.25) is 0 Å². The Morgan fingerprint density at radius 3 is 2.74 bits per heavy atom. The molecule has 0 saturated heterocycles. The Morgan fingerprint density at radius 2 is 2.04 bits per heavy atom. The molecule has 2 aromatic carbocycles. The van der Waals surface area contributed by atoms with E-state index in [1.807, 2.05) is 19.1 Å². The highest BCUT2D eigenvalue weighted by molar-refractivity contribution is 9.10. The van der Waals surface area contributed by atoms with E-state index in [1.165, 1.54) is 6.07 Å². The molecule has 0 aliphatic rings. The van der Waals surface area contributed by atoms with Crippen LogP contribution in [0, 0.1) is 6.92 Å². The summed E-state index contributed by atoms with van der Waals surface area (Å²) in [6.45, 7) is 1.73. The van der Waals surface area contributed by atoms with Crippen LogP contribution in [-0.2, 0) is 4.79 Å². The highest BCUT2D eigenvalue weighted by atomic mass is 79.9. The molecular formula is C16H14BrF2NO2S. The first kappa shape index (κ1) is 17.7. The van der Waals surface area contributed by atoms with Gasteiger partial charge in [-0.1, -0.05) is 30.0 Å². The van der Waals surface area contributed by atoms with Crippen molar-refractivity contribution in [3.63, 3.8) is 0 Å². The monoisotopic (exact) mass is 401 g/mol. The van der Waals surface area contributed by atoms with Gasteiger partial charge in [-0.05, 0) is 52.7 Å². The minimum Gasteiger partial charge on any atom is -0.483 e. The highest BCUT2D eigenvalue weighted by Crippen LogP contribution is 2.31. The molecule has 0 saturated carbocycles. The van der Waals surface area contributed by atoms with E-state index in [0.29, 0.717) is 28.1 Å². The van der Waals surface area contributed by atoms with Crippen molar-refractivity contribution in [2.45, 2.75) is 17.6 Å². The molecule has 2 rings (SSSR count). The first-order valence-corrected chi connectivity index (χ1v) is 8.35. The molecule has 122 valence electrons. The first-order chi connectivity index (χ1) is 11.0. The summed E-state index contributed by atoms with van der Waals surface area (Å²) in [5.41, 5.74) is 1.40. The lowest BCUT2D eigenvalue weighted by Gasteiger charge is -2.12. The second-order valence-electron chi connectivity index (χ2n) is 4.65. The number of nitrogens with one attached hydrogen (secondary N) is 1. The summed E-state index contributed by atoms with van der Waals surface area (Å²) >= 11 is 3.75. The van der Waals surface area contributed by atoms with Crippen molar-refractivity contribution in [3.8, 4) is 5.75 Å². The van der Waals surface area contributed by atoms with Crippen molar-refractivity contribution >= 4 is 39.3 Å². The maximum atomic E-state index is 12.5. The summed E-state index contributed by atoms with van der Waals surface area (Å²) in [7, 11) is 0. The highest BCUT2D eigenvalue weighted by Gasteiger charge is 2.12. The summed E-state index contributed by atoms with van der Waals surface area (Å²) in [4.78, 5) is 12.3. The van der Waals surface area contributed by atoms with Crippen molar-refractivity contribution in [1.29, 1.82) is 0 Å². The molecule has 0 aliphatic carbocycles. The van der Waals surface area contributed by atoms with Crippen molar-refractivity contribution in [3.05, 3.63) is 52.5 Å². The lowest BCUT2D eigenvalue weighted by molar-refractivity contribution is -0.118. The van der Waals surface area contributed by atoms with Crippen molar-refractivity contribution in [1.82, 2.24) is 0 Å². The number of rotatable bonds is 6. The number of hydrogen-bond acceptors (Lipinski definition) is 3. The number of para-hydroxylation sites is 1. The van der Waals surface area contributed by atoms with Crippen LogP contribution < -0.4 is 10.1 Å². The number of thioether (sulfide) groups is 1. The van der Waals surface area contributed by atoms with Gasteiger partial charge in [-0.25, -0.2) is 0 Å². The molecule has 0 radical (unpaired) electrons. The minimum atomic E-state index is -2.55. The van der Waals surface area contributed by atoms with Crippen LogP contribution in [-0.4, -0.2) is 18.3 Å². The Morgan fingerprint density at radius 1 is 1.30 bits per heavy atom. The summed E-state index contributed by atoms with van der Waals surface area (Å²) < 4.78 is 31.2. The van der Waals surface area contributed by atoms with E-state index in [2.05, 4.69) is 21.2 Å². The molecule has 3 nitrogen and oxygen atoms in total. The number of ether oxygens (including phenoxy) is 1. The molecule has 0 heterocycles. The molecule has 1 N–H and O–H groups in total. The summed E-state index contributed by atoms with van der Waals surface area (Å²) in [5.74, 6) is -2.42. The maximum Gasteiger partial charge on any atom is 0.288 e. The molecule has 2 aromatic rings. The number of anilines is 1. The second-order valence-corrected chi connectivity index (χ2v) is 6.53. The van der Waals surface area contributed by atoms with Gasteiger partial charge in [0.25, 0.3) is 11.7 Å². The molecule has 0 atom stereocenters. The Bertz CT molecular complexity index is 698. The average Bonchev–Trinajstić information content (AvgIpc) is 2.48. The molecular weight excluding hydrogens is 388 g/mol. The molecule has 0 aromatic heterocycles. The zero-order valence-electron chi connectivity index (χ0n) is 12.2. The lowest BCUT2D eigenvalue weighted by atomic mass is 10.2. The SMILES string of the molecule is Cc1ccc(OCC(=O)Nc2ccccc2SC(F)F)c(Br)c1. The van der Waals surface area contributed by atoms with E-state index in [0.717, 1.165) is 10.0 Å². The normalized spacial score (nSPS) is 10.7. The predicted molar refractivity (Wildman–Crippen MR) is 91.3 cm³/mol. The minimum absolute atomic E-state index is 0.213. The number of carbonyl (C=O) groups is 1. The van der Waals surface area contributed by atoms with E-state index in [-0.39, 0.29) is 6.61 Å². The van der Waals surface area contributed by atoms with E-state index < -0.39 is 11.7 Å². The Balaban J connectivity index is 1.97. The van der Waals surface area contributed by atoms with Gasteiger partial charge in [0, 0.05) is 4.90 Å². The molecule has 0 aliphatic heterocycles. The van der Waals surface area contributed by atoms with E-state index in [1.54, 1.807) is 24.3 Å². The van der Waals surface area contributed by atoms with Gasteiger partial charge in [0.15, 0.2) is 6.61 Å². The number of alkyl halides is 2. The van der Waals surface area contributed by atoms with Gasteiger partial charge in [0.2, 0.25) is 0 Å². The van der Waals surface area contributed by atoms with Gasteiger partial charge in [-0.2, -0.15) is 8.78 Å². The van der Waals surface area contributed by atoms with Crippen molar-refractivity contribution < 1.29 is 18.3 Å². The fourth-order valence-corrected chi connectivity index (χ4v) is 3.02. The molecule has 0 unspecified atom stereocenters. The van der Waals surface area contributed by atoms with Gasteiger partial charge in [-0.15, -0.1) is 0 Å². The average molecular weight is 402 g/mol. The second kappa shape index (κ2) is 8.31. The van der Waals surface area contributed by atoms with Crippen molar-refractivity contribution in [2.24, 2.45) is 0 Å². The predicted octanol–water partition coefficient (Wildman–Crippen LogP) is 5.09. The number of amides is 1. The first-order valence-electron chi connectivity index (χ1n) is 6.68. The van der Waals surface area contributed by atoms with Crippen molar-refractivity contribution in [2.75, 3.05) is 11.9 Å². The van der Waals surface area contributed by atoms with Crippen LogP contribution in [0.3, 0.4) is 0 Å². The Labute approximate surface area is 145 Å². The fourth-order valence-electron chi connectivity index (χ4n) is 1.82. The van der Waals surface area contributed by atoms with Crippen LogP contribution in [0.15, 0.2) is 51.8 Å². The van der Waals surface area contributed by atoms with Gasteiger partial charge >= 0.3 is 0 Å².